The number of nitrogens with two attached hydrogens (primary N) is 1. The summed E-state index contributed by atoms with van der Waals surface area (Å²) in [5, 5.41) is 0. The second kappa shape index (κ2) is 6.95. The number of rotatable bonds is 7. The van der Waals surface area contributed by atoms with Crippen LogP contribution in [0, 0.1) is 23.2 Å². The highest BCUT2D eigenvalue weighted by molar-refractivity contribution is 5.69. The summed E-state index contributed by atoms with van der Waals surface area (Å²) in [4.78, 5) is 11.2. The van der Waals surface area contributed by atoms with Gasteiger partial charge in [0, 0.05) is 12.5 Å². The molecule has 2 N–H and O–H groups in total. The lowest BCUT2D eigenvalue weighted by Crippen LogP contribution is -2.61. The van der Waals surface area contributed by atoms with Crippen LogP contribution in [0.4, 0.5) is 0 Å². The number of esters is 1. The molecule has 3 nitrogen and oxygen atoms in total. The van der Waals surface area contributed by atoms with Crippen molar-refractivity contribution in [3.63, 3.8) is 0 Å². The summed E-state index contributed by atoms with van der Waals surface area (Å²) in [6.07, 6.45) is 10.6. The lowest BCUT2D eigenvalue weighted by molar-refractivity contribution is -0.143. The number of hydrogen-bond acceptors (Lipinski definition) is 3. The minimum absolute atomic E-state index is 0.0810. The molecule has 4 unspecified atom stereocenters. The Morgan fingerprint density at radius 1 is 1.33 bits per heavy atom. The van der Waals surface area contributed by atoms with Crippen LogP contribution in [0.3, 0.4) is 0 Å². The van der Waals surface area contributed by atoms with Gasteiger partial charge in [-0.1, -0.05) is 26.0 Å². The fourth-order valence-corrected chi connectivity index (χ4v) is 4.20. The van der Waals surface area contributed by atoms with Crippen LogP contribution in [0.1, 0.15) is 59.3 Å². The van der Waals surface area contributed by atoms with Crippen LogP contribution in [0.25, 0.3) is 0 Å². The maximum Gasteiger partial charge on any atom is 0.305 e. The largest absolute Gasteiger partial charge is 0.466 e. The van der Waals surface area contributed by atoms with Crippen LogP contribution in [0.15, 0.2) is 12.2 Å². The van der Waals surface area contributed by atoms with Crippen molar-refractivity contribution in [1.29, 1.82) is 0 Å². The molecule has 3 rings (SSSR count). The third-order valence-electron chi connectivity index (χ3n) is 5.81. The highest BCUT2D eigenvalue weighted by Gasteiger charge is 2.56. The van der Waals surface area contributed by atoms with Gasteiger partial charge in [0.2, 0.25) is 0 Å². The smallest absolute Gasteiger partial charge is 0.305 e. The minimum atomic E-state index is -0.0810. The van der Waals surface area contributed by atoms with Crippen LogP contribution >= 0.6 is 0 Å². The van der Waals surface area contributed by atoms with E-state index in [1.807, 2.05) is 6.92 Å². The third-order valence-corrected chi connectivity index (χ3v) is 5.81. The first kappa shape index (κ1) is 16.5. The molecular formula is C18H31NO2. The number of hydrogen-bond donors (Lipinski definition) is 1. The monoisotopic (exact) mass is 293 g/mol. The topological polar surface area (TPSA) is 52.3 Å². The standard InChI is InChI=1S/C18H31NO2/c1-4-21-16(20)10-8-6-5-7-9-13-11-14-12-15(17(13)19)18(14,2)3/h5,7,13-15,17H,4,6,8-12,19H2,1-3H3/b7-5-. The molecule has 0 saturated heterocycles. The number of allylic oxidation sites excluding steroid dienone is 2. The lowest BCUT2D eigenvalue weighted by Gasteiger charge is -2.61. The SMILES string of the molecule is CCOC(=O)CCC/C=C\CC1CC2CC(C1N)C2(C)C. The third kappa shape index (κ3) is 3.68. The van der Waals surface area contributed by atoms with Gasteiger partial charge in [0.15, 0.2) is 0 Å². The van der Waals surface area contributed by atoms with Gasteiger partial charge in [-0.3, -0.25) is 4.79 Å². The van der Waals surface area contributed by atoms with Crippen molar-refractivity contribution < 1.29 is 9.53 Å². The van der Waals surface area contributed by atoms with E-state index in [0.717, 1.165) is 31.1 Å². The Labute approximate surface area is 129 Å². The fourth-order valence-electron chi connectivity index (χ4n) is 4.20. The van der Waals surface area contributed by atoms with E-state index in [-0.39, 0.29) is 5.97 Å². The van der Waals surface area contributed by atoms with Gasteiger partial charge in [-0.2, -0.15) is 0 Å². The van der Waals surface area contributed by atoms with Gasteiger partial charge in [0.1, 0.15) is 0 Å². The zero-order valence-electron chi connectivity index (χ0n) is 13.8. The van der Waals surface area contributed by atoms with Crippen LogP contribution in [0.2, 0.25) is 0 Å². The predicted octanol–water partition coefficient (Wildman–Crippen LogP) is 3.68. The predicted molar refractivity (Wildman–Crippen MR) is 85.7 cm³/mol. The summed E-state index contributed by atoms with van der Waals surface area (Å²) in [6, 6.07) is 0.370. The van der Waals surface area contributed by atoms with Crippen molar-refractivity contribution >= 4 is 5.97 Å². The molecule has 120 valence electrons. The van der Waals surface area contributed by atoms with E-state index in [0.29, 0.717) is 30.4 Å². The summed E-state index contributed by atoms with van der Waals surface area (Å²) in [5.74, 6) is 2.17. The molecule has 0 aromatic carbocycles. The van der Waals surface area contributed by atoms with Crippen molar-refractivity contribution in [3.05, 3.63) is 12.2 Å². The first-order valence-corrected chi connectivity index (χ1v) is 8.53. The molecule has 2 bridgehead atoms. The summed E-state index contributed by atoms with van der Waals surface area (Å²) >= 11 is 0. The second-order valence-corrected chi connectivity index (χ2v) is 7.34. The molecule has 0 radical (unpaired) electrons. The summed E-state index contributed by atoms with van der Waals surface area (Å²) in [6.45, 7) is 7.09. The normalized spacial score (nSPS) is 33.7. The number of carbonyl (C=O) groups is 1. The van der Waals surface area contributed by atoms with Crippen molar-refractivity contribution in [1.82, 2.24) is 0 Å². The summed E-state index contributed by atoms with van der Waals surface area (Å²) < 4.78 is 4.91. The van der Waals surface area contributed by atoms with Gasteiger partial charge < -0.3 is 10.5 Å². The fraction of sp³-hybridized carbons (Fsp3) is 0.833. The Kier molecular flexibility index (Phi) is 5.48. The zero-order chi connectivity index (χ0) is 15.5. The van der Waals surface area contributed by atoms with Crippen LogP contribution < -0.4 is 5.73 Å². The van der Waals surface area contributed by atoms with Crippen molar-refractivity contribution in [3.8, 4) is 0 Å². The molecule has 4 atom stereocenters. The van der Waals surface area contributed by atoms with Gasteiger partial charge >= 0.3 is 5.97 Å². The van der Waals surface area contributed by atoms with Crippen LogP contribution in [-0.4, -0.2) is 18.6 Å². The number of carbonyl (C=O) groups excluding carboxylic acids is 1. The molecule has 3 aliphatic rings. The number of unbranched alkanes of at least 4 members (excludes halogenated alkanes) is 1. The highest BCUT2D eigenvalue weighted by Crippen LogP contribution is 2.60. The second-order valence-electron chi connectivity index (χ2n) is 7.34. The molecule has 0 heterocycles. The molecule has 0 spiro atoms. The van der Waals surface area contributed by atoms with Crippen molar-refractivity contribution in [2.24, 2.45) is 28.9 Å². The Bertz CT molecular complexity index is 389. The van der Waals surface area contributed by atoms with Crippen molar-refractivity contribution in [2.45, 2.75) is 65.3 Å². The first-order valence-electron chi connectivity index (χ1n) is 8.53. The van der Waals surface area contributed by atoms with Gasteiger partial charge in [0.25, 0.3) is 0 Å². The maximum atomic E-state index is 11.2. The molecule has 21 heavy (non-hydrogen) atoms. The molecule has 3 heteroatoms. The average Bonchev–Trinajstić information content (AvgIpc) is 2.43. The van der Waals surface area contributed by atoms with Crippen molar-refractivity contribution in [2.75, 3.05) is 6.61 Å². The first-order chi connectivity index (χ1) is 9.96. The molecule has 0 aromatic heterocycles. The van der Waals surface area contributed by atoms with Gasteiger partial charge in [-0.05, 0) is 62.2 Å². The van der Waals surface area contributed by atoms with Crippen LogP contribution in [0.5, 0.6) is 0 Å². The molecule has 0 aromatic rings. The van der Waals surface area contributed by atoms with E-state index in [4.69, 9.17) is 10.5 Å². The van der Waals surface area contributed by atoms with E-state index < -0.39 is 0 Å². The number of fused-ring (bicyclic) bond motifs is 2. The maximum absolute atomic E-state index is 11.2. The van der Waals surface area contributed by atoms with E-state index in [1.54, 1.807) is 0 Å². The van der Waals surface area contributed by atoms with Gasteiger partial charge in [0.05, 0.1) is 6.61 Å². The Morgan fingerprint density at radius 2 is 2.10 bits per heavy atom. The van der Waals surface area contributed by atoms with E-state index in [9.17, 15) is 4.79 Å². The molecular weight excluding hydrogens is 262 g/mol. The quantitative estimate of drug-likeness (QED) is 0.442. The number of ether oxygens (including phenoxy) is 1. The Balaban J connectivity index is 1.63. The van der Waals surface area contributed by atoms with E-state index >= 15 is 0 Å². The minimum Gasteiger partial charge on any atom is -0.466 e. The van der Waals surface area contributed by atoms with Gasteiger partial charge in [-0.25, -0.2) is 0 Å². The van der Waals surface area contributed by atoms with E-state index in [1.165, 1.54) is 12.8 Å². The van der Waals surface area contributed by atoms with E-state index in [2.05, 4.69) is 26.0 Å². The molecule has 0 aliphatic heterocycles. The molecule has 0 amide bonds. The average molecular weight is 293 g/mol. The van der Waals surface area contributed by atoms with Crippen LogP contribution in [-0.2, 0) is 9.53 Å². The highest BCUT2D eigenvalue weighted by atomic mass is 16.5. The molecule has 3 aliphatic carbocycles. The summed E-state index contributed by atoms with van der Waals surface area (Å²) in [5.41, 5.74) is 6.93. The molecule has 3 fully saturated rings. The lowest BCUT2D eigenvalue weighted by atomic mass is 9.45. The summed E-state index contributed by atoms with van der Waals surface area (Å²) in [7, 11) is 0. The Morgan fingerprint density at radius 3 is 2.71 bits per heavy atom. The van der Waals surface area contributed by atoms with Gasteiger partial charge in [-0.15, -0.1) is 0 Å². The molecule has 3 saturated carbocycles. The zero-order valence-corrected chi connectivity index (χ0v) is 13.8. The Hall–Kier alpha value is -0.830.